The van der Waals surface area contributed by atoms with Crippen LogP contribution in [0.15, 0.2) is 72.8 Å². The van der Waals surface area contributed by atoms with Crippen molar-refractivity contribution >= 4 is 28.5 Å². The standard InChI is InChI=1S/C29H22F3NO2/c1-18-9-11-19(12-10-18)15-21-13-14-24-26(23-7-2-3-8-25(23)33-27(21)24)28(34)35-17-20-5-4-6-22(16-20)29(30,31)32/h2-12,15-16H,13-14,17H2,1H3. The fourth-order valence-corrected chi connectivity index (χ4v) is 4.43. The molecule has 0 saturated carbocycles. The summed E-state index contributed by atoms with van der Waals surface area (Å²) in [6.45, 7) is 1.78. The number of fused-ring (bicyclic) bond motifs is 2. The van der Waals surface area contributed by atoms with Gasteiger partial charge in [0, 0.05) is 5.39 Å². The zero-order valence-electron chi connectivity index (χ0n) is 19.0. The third-order valence-corrected chi connectivity index (χ3v) is 6.19. The lowest BCUT2D eigenvalue weighted by atomic mass is 10.0. The number of hydrogen-bond donors (Lipinski definition) is 0. The fourth-order valence-electron chi connectivity index (χ4n) is 4.43. The van der Waals surface area contributed by atoms with Gasteiger partial charge >= 0.3 is 12.1 Å². The Bertz CT molecular complexity index is 1450. The van der Waals surface area contributed by atoms with Crippen molar-refractivity contribution < 1.29 is 22.7 Å². The summed E-state index contributed by atoms with van der Waals surface area (Å²) in [6.07, 6.45) is -0.994. The number of benzene rings is 3. The summed E-state index contributed by atoms with van der Waals surface area (Å²) < 4.78 is 44.7. The van der Waals surface area contributed by atoms with E-state index in [1.807, 2.05) is 55.5 Å². The maximum Gasteiger partial charge on any atom is 0.416 e. The quantitative estimate of drug-likeness (QED) is 0.290. The molecule has 1 aliphatic carbocycles. The van der Waals surface area contributed by atoms with E-state index < -0.39 is 17.7 Å². The van der Waals surface area contributed by atoms with E-state index in [1.165, 1.54) is 17.7 Å². The van der Waals surface area contributed by atoms with E-state index in [0.717, 1.165) is 40.9 Å². The van der Waals surface area contributed by atoms with E-state index in [0.29, 0.717) is 22.9 Å². The predicted molar refractivity (Wildman–Crippen MR) is 130 cm³/mol. The zero-order valence-corrected chi connectivity index (χ0v) is 19.0. The molecule has 0 radical (unpaired) electrons. The van der Waals surface area contributed by atoms with Crippen LogP contribution in [0.2, 0.25) is 0 Å². The lowest BCUT2D eigenvalue weighted by Crippen LogP contribution is -2.11. The molecule has 0 atom stereocenters. The molecule has 3 nitrogen and oxygen atoms in total. The summed E-state index contributed by atoms with van der Waals surface area (Å²) in [5.41, 5.74) is 5.48. The molecule has 1 aromatic heterocycles. The number of carbonyl (C=O) groups is 1. The molecule has 0 fully saturated rings. The summed E-state index contributed by atoms with van der Waals surface area (Å²) in [4.78, 5) is 18.1. The molecule has 3 aromatic carbocycles. The van der Waals surface area contributed by atoms with E-state index in [4.69, 9.17) is 9.72 Å². The van der Waals surface area contributed by atoms with Crippen LogP contribution in [0.5, 0.6) is 0 Å². The first-order chi connectivity index (χ1) is 16.8. The minimum absolute atomic E-state index is 0.250. The highest BCUT2D eigenvalue weighted by atomic mass is 19.4. The molecule has 0 bridgehead atoms. The van der Waals surface area contributed by atoms with Crippen molar-refractivity contribution in [3.63, 3.8) is 0 Å². The minimum atomic E-state index is -4.46. The third kappa shape index (κ3) is 4.69. The number of esters is 1. The van der Waals surface area contributed by atoms with Gasteiger partial charge in [0.05, 0.1) is 22.3 Å². The molecule has 1 aliphatic rings. The van der Waals surface area contributed by atoms with Crippen LogP contribution in [0.1, 0.15) is 50.3 Å². The number of rotatable bonds is 4. The molecule has 6 heteroatoms. The van der Waals surface area contributed by atoms with Gasteiger partial charge in [-0.15, -0.1) is 0 Å². The first-order valence-corrected chi connectivity index (χ1v) is 11.3. The molecule has 5 rings (SSSR count). The van der Waals surface area contributed by atoms with Gasteiger partial charge in [-0.1, -0.05) is 60.2 Å². The smallest absolute Gasteiger partial charge is 0.416 e. The van der Waals surface area contributed by atoms with Crippen LogP contribution >= 0.6 is 0 Å². The Kier molecular flexibility index (Phi) is 5.89. The van der Waals surface area contributed by atoms with Crippen molar-refractivity contribution in [1.82, 2.24) is 4.98 Å². The second-order valence-electron chi connectivity index (χ2n) is 8.69. The summed E-state index contributed by atoms with van der Waals surface area (Å²) in [5, 5.41) is 0.678. The number of aromatic nitrogens is 1. The second-order valence-corrected chi connectivity index (χ2v) is 8.69. The van der Waals surface area contributed by atoms with Gasteiger partial charge in [0.15, 0.2) is 0 Å². The van der Waals surface area contributed by atoms with Gasteiger partial charge in [-0.25, -0.2) is 9.78 Å². The molecule has 35 heavy (non-hydrogen) atoms. The van der Waals surface area contributed by atoms with Gasteiger partial charge in [-0.2, -0.15) is 13.2 Å². The second kappa shape index (κ2) is 9.02. The number of ether oxygens (including phenoxy) is 1. The molecular formula is C29H22F3NO2. The number of hydrogen-bond acceptors (Lipinski definition) is 3. The first-order valence-electron chi connectivity index (χ1n) is 11.3. The van der Waals surface area contributed by atoms with Gasteiger partial charge in [0.2, 0.25) is 0 Å². The predicted octanol–water partition coefficient (Wildman–Crippen LogP) is 7.41. The Morgan fingerprint density at radius 1 is 1.00 bits per heavy atom. The summed E-state index contributed by atoms with van der Waals surface area (Å²) >= 11 is 0. The number of allylic oxidation sites excluding steroid dienone is 1. The van der Waals surface area contributed by atoms with E-state index in [9.17, 15) is 18.0 Å². The molecule has 0 amide bonds. The van der Waals surface area contributed by atoms with E-state index in [2.05, 4.69) is 6.08 Å². The van der Waals surface area contributed by atoms with Crippen LogP contribution in [0, 0.1) is 6.92 Å². The molecule has 0 spiro atoms. The maximum atomic E-state index is 13.3. The molecule has 176 valence electrons. The van der Waals surface area contributed by atoms with Crippen LogP contribution in [0.4, 0.5) is 13.2 Å². The minimum Gasteiger partial charge on any atom is -0.457 e. The average molecular weight is 473 g/mol. The van der Waals surface area contributed by atoms with Crippen molar-refractivity contribution in [3.05, 3.63) is 112 Å². The number of carbonyl (C=O) groups excluding carboxylic acids is 1. The first kappa shape index (κ1) is 22.8. The highest BCUT2D eigenvalue weighted by Gasteiger charge is 2.31. The van der Waals surface area contributed by atoms with Crippen LogP contribution in [0.3, 0.4) is 0 Å². The van der Waals surface area contributed by atoms with Crippen molar-refractivity contribution in [2.75, 3.05) is 0 Å². The van der Waals surface area contributed by atoms with Crippen LogP contribution < -0.4 is 0 Å². The van der Waals surface area contributed by atoms with Gasteiger partial charge < -0.3 is 4.74 Å². The topological polar surface area (TPSA) is 39.2 Å². The van der Waals surface area contributed by atoms with Crippen molar-refractivity contribution in [2.24, 2.45) is 0 Å². The Morgan fingerprint density at radius 2 is 1.77 bits per heavy atom. The summed E-state index contributed by atoms with van der Waals surface area (Å²) in [6, 6.07) is 20.4. The van der Waals surface area contributed by atoms with E-state index in [1.54, 1.807) is 0 Å². The molecule has 4 aromatic rings. The molecule has 0 saturated heterocycles. The van der Waals surface area contributed by atoms with Crippen LogP contribution in [-0.4, -0.2) is 11.0 Å². The summed E-state index contributed by atoms with van der Waals surface area (Å²) in [5.74, 6) is -0.561. The van der Waals surface area contributed by atoms with Gasteiger partial charge in [0.25, 0.3) is 0 Å². The molecule has 0 unspecified atom stereocenters. The number of halogens is 3. The van der Waals surface area contributed by atoms with E-state index >= 15 is 0 Å². The summed E-state index contributed by atoms with van der Waals surface area (Å²) in [7, 11) is 0. The number of para-hydroxylation sites is 1. The zero-order chi connectivity index (χ0) is 24.6. The average Bonchev–Trinajstić information content (AvgIpc) is 3.24. The third-order valence-electron chi connectivity index (χ3n) is 6.19. The molecule has 0 aliphatic heterocycles. The number of aryl methyl sites for hydroxylation is 1. The fraction of sp³-hybridized carbons (Fsp3) is 0.172. The Hall–Kier alpha value is -3.93. The van der Waals surface area contributed by atoms with Crippen molar-refractivity contribution in [1.29, 1.82) is 0 Å². The SMILES string of the molecule is Cc1ccc(C=C2CCc3c2nc2ccccc2c3C(=O)OCc2cccc(C(F)(F)F)c2)cc1. The lowest BCUT2D eigenvalue weighted by Gasteiger charge is -2.13. The number of nitrogens with zero attached hydrogens (tertiary/aromatic N) is 1. The normalized spacial score (nSPS) is 14.3. The van der Waals surface area contributed by atoms with Crippen LogP contribution in [-0.2, 0) is 23.9 Å². The van der Waals surface area contributed by atoms with E-state index in [-0.39, 0.29) is 12.2 Å². The van der Waals surface area contributed by atoms with Crippen molar-refractivity contribution in [3.8, 4) is 0 Å². The molecule has 1 heterocycles. The maximum absolute atomic E-state index is 13.3. The Balaban J connectivity index is 1.50. The highest BCUT2D eigenvalue weighted by Crippen LogP contribution is 2.38. The van der Waals surface area contributed by atoms with Crippen LogP contribution in [0.25, 0.3) is 22.6 Å². The van der Waals surface area contributed by atoms with Gasteiger partial charge in [-0.3, -0.25) is 0 Å². The number of pyridine rings is 1. The van der Waals surface area contributed by atoms with Gasteiger partial charge in [-0.05, 0) is 66.3 Å². The Labute approximate surface area is 200 Å². The number of alkyl halides is 3. The monoisotopic (exact) mass is 473 g/mol. The highest BCUT2D eigenvalue weighted by molar-refractivity contribution is 6.07. The molecule has 0 N–H and O–H groups in total. The van der Waals surface area contributed by atoms with Gasteiger partial charge in [0.1, 0.15) is 6.61 Å². The largest absolute Gasteiger partial charge is 0.457 e. The van der Waals surface area contributed by atoms with Crippen molar-refractivity contribution in [2.45, 2.75) is 32.5 Å². The Morgan fingerprint density at radius 3 is 2.54 bits per heavy atom. The molecular weight excluding hydrogens is 451 g/mol. The lowest BCUT2D eigenvalue weighted by molar-refractivity contribution is -0.137.